The van der Waals surface area contributed by atoms with Gasteiger partial charge in [-0.05, 0) is 45.1 Å². The van der Waals surface area contributed by atoms with E-state index in [-0.39, 0.29) is 23.6 Å². The number of aromatic nitrogens is 2. The highest BCUT2D eigenvalue weighted by Crippen LogP contribution is 2.21. The summed E-state index contributed by atoms with van der Waals surface area (Å²) in [5, 5.41) is 9.39. The molecule has 4 N–H and O–H groups in total. The first-order valence-electron chi connectivity index (χ1n) is 10.5. The Morgan fingerprint density at radius 1 is 1.32 bits per heavy atom. The molecule has 8 heteroatoms. The second-order valence-corrected chi connectivity index (χ2v) is 8.16. The van der Waals surface area contributed by atoms with Gasteiger partial charge in [0.15, 0.2) is 0 Å². The molecule has 2 atom stereocenters. The van der Waals surface area contributed by atoms with E-state index in [2.05, 4.69) is 41.7 Å². The molecule has 0 unspecified atom stereocenters. The van der Waals surface area contributed by atoms with Crippen molar-refractivity contribution in [3.05, 3.63) is 20.8 Å². The first kappa shape index (κ1) is 22.2. The number of nitrogens with one attached hydrogen (secondary N) is 4. The Labute approximate surface area is 166 Å². The van der Waals surface area contributed by atoms with Crippen LogP contribution in [0.2, 0.25) is 0 Å². The summed E-state index contributed by atoms with van der Waals surface area (Å²) in [6.07, 6.45) is 4.05. The van der Waals surface area contributed by atoms with Gasteiger partial charge < -0.3 is 16.0 Å². The van der Waals surface area contributed by atoms with Crippen LogP contribution in [0.15, 0.2) is 9.59 Å². The number of anilines is 2. The highest BCUT2D eigenvalue weighted by Gasteiger charge is 2.27. The van der Waals surface area contributed by atoms with E-state index in [1.807, 2.05) is 6.92 Å². The number of hydrogen-bond acceptors (Lipinski definition) is 5. The molecule has 2 rings (SSSR count). The van der Waals surface area contributed by atoms with Gasteiger partial charge in [-0.15, -0.1) is 0 Å². The average molecular weight is 394 g/mol. The number of nitrogens with zero attached hydrogens (tertiary/aromatic N) is 1. The van der Waals surface area contributed by atoms with E-state index >= 15 is 0 Å². The Bertz CT molecular complexity index is 768. The molecule has 2 heterocycles. The molecule has 0 bridgehead atoms. The average Bonchev–Trinajstić information content (AvgIpc) is 2.63. The largest absolute Gasteiger partial charge is 0.378 e. The summed E-state index contributed by atoms with van der Waals surface area (Å²) < 4.78 is 1.48. The molecule has 1 aromatic heterocycles. The lowest BCUT2D eigenvalue weighted by molar-refractivity contribution is -0.120. The predicted octanol–water partition coefficient (Wildman–Crippen LogP) is 2.12. The number of carbonyl (C=O) groups excluding carboxylic acids is 1. The Balaban J connectivity index is 2.34. The van der Waals surface area contributed by atoms with Gasteiger partial charge in [-0.2, -0.15) is 0 Å². The van der Waals surface area contributed by atoms with Gasteiger partial charge >= 0.3 is 5.69 Å². The maximum Gasteiger partial charge on any atom is 0.330 e. The van der Waals surface area contributed by atoms with Crippen LogP contribution in [0, 0.1) is 11.8 Å². The van der Waals surface area contributed by atoms with Gasteiger partial charge in [0.2, 0.25) is 5.91 Å². The summed E-state index contributed by atoms with van der Waals surface area (Å²) in [5.41, 5.74) is -0.705. The van der Waals surface area contributed by atoms with E-state index in [0.717, 1.165) is 38.6 Å². The Morgan fingerprint density at radius 2 is 2.07 bits per heavy atom. The van der Waals surface area contributed by atoms with Crippen molar-refractivity contribution in [1.29, 1.82) is 0 Å². The van der Waals surface area contributed by atoms with Crippen molar-refractivity contribution in [3.8, 4) is 0 Å². The molecule has 28 heavy (non-hydrogen) atoms. The Kier molecular flexibility index (Phi) is 8.29. The number of piperidine rings is 1. The number of carbonyl (C=O) groups is 1. The topological polar surface area (TPSA) is 108 Å². The zero-order chi connectivity index (χ0) is 20.7. The van der Waals surface area contributed by atoms with Crippen molar-refractivity contribution in [1.82, 2.24) is 14.9 Å². The molecule has 0 radical (unpaired) electrons. The third-order valence-corrected chi connectivity index (χ3v) is 5.19. The first-order valence-corrected chi connectivity index (χ1v) is 10.5. The second-order valence-electron chi connectivity index (χ2n) is 8.16. The fourth-order valence-corrected chi connectivity index (χ4v) is 3.47. The van der Waals surface area contributed by atoms with E-state index < -0.39 is 11.2 Å². The van der Waals surface area contributed by atoms with Gasteiger partial charge in [-0.3, -0.25) is 19.1 Å². The van der Waals surface area contributed by atoms with Crippen molar-refractivity contribution in [2.45, 2.75) is 72.4 Å². The number of unbranched alkanes of at least 4 members (excludes halogenated alkanes) is 1. The summed E-state index contributed by atoms with van der Waals surface area (Å²) in [4.78, 5) is 40.2. The SMILES string of the molecule is CCCCn1c(NC(=O)[C@H]2CCN[C@@H](C)C2)c(NCCC(C)C)c(=O)[nH]c1=O. The molecular formula is C20H35N5O3. The van der Waals surface area contributed by atoms with Crippen LogP contribution in [0.1, 0.15) is 59.8 Å². The third kappa shape index (κ3) is 5.95. The number of aromatic amines is 1. The highest BCUT2D eigenvalue weighted by atomic mass is 16.2. The molecule has 1 amide bonds. The van der Waals surface area contributed by atoms with Crippen LogP contribution in [0.5, 0.6) is 0 Å². The van der Waals surface area contributed by atoms with Crippen LogP contribution < -0.4 is 27.2 Å². The lowest BCUT2D eigenvalue weighted by Crippen LogP contribution is -2.41. The fraction of sp³-hybridized carbons (Fsp3) is 0.750. The molecule has 0 saturated carbocycles. The van der Waals surface area contributed by atoms with Gasteiger partial charge in [-0.1, -0.05) is 27.2 Å². The molecule has 8 nitrogen and oxygen atoms in total. The lowest BCUT2D eigenvalue weighted by atomic mass is 9.92. The van der Waals surface area contributed by atoms with Crippen LogP contribution in [-0.4, -0.2) is 34.6 Å². The summed E-state index contributed by atoms with van der Waals surface area (Å²) >= 11 is 0. The van der Waals surface area contributed by atoms with Crippen LogP contribution in [-0.2, 0) is 11.3 Å². The van der Waals surface area contributed by atoms with Crippen molar-refractivity contribution in [3.63, 3.8) is 0 Å². The molecular weight excluding hydrogens is 358 g/mol. The van der Waals surface area contributed by atoms with Gasteiger partial charge in [-0.25, -0.2) is 4.79 Å². The summed E-state index contributed by atoms with van der Waals surface area (Å²) in [6, 6.07) is 0.273. The molecule has 1 aliphatic rings. The number of amides is 1. The van der Waals surface area contributed by atoms with Crippen LogP contribution in [0.25, 0.3) is 0 Å². The van der Waals surface area contributed by atoms with Gasteiger partial charge in [0.05, 0.1) is 0 Å². The number of rotatable bonds is 9. The first-order chi connectivity index (χ1) is 13.3. The van der Waals surface area contributed by atoms with E-state index in [9.17, 15) is 14.4 Å². The zero-order valence-electron chi connectivity index (χ0n) is 17.6. The standard InChI is InChI=1S/C20H35N5O3/c1-5-6-11-25-17(23-18(26)15-8-10-21-14(4)12-15)16(19(27)24-20(25)28)22-9-7-13(2)3/h13-15,21-22H,5-12H2,1-4H3,(H,23,26)(H,24,27,28)/t14-,15-/m0/s1. The van der Waals surface area contributed by atoms with Crippen molar-refractivity contribution in [2.75, 3.05) is 23.7 Å². The van der Waals surface area contributed by atoms with Crippen molar-refractivity contribution < 1.29 is 4.79 Å². The molecule has 0 aliphatic carbocycles. The minimum atomic E-state index is -0.490. The second kappa shape index (κ2) is 10.5. The molecule has 0 aromatic carbocycles. The quantitative estimate of drug-likeness (QED) is 0.514. The molecule has 1 saturated heterocycles. The smallest absolute Gasteiger partial charge is 0.330 e. The summed E-state index contributed by atoms with van der Waals surface area (Å²) in [7, 11) is 0. The third-order valence-electron chi connectivity index (χ3n) is 5.19. The minimum absolute atomic E-state index is 0.129. The molecule has 1 fully saturated rings. The maximum atomic E-state index is 12.9. The highest BCUT2D eigenvalue weighted by molar-refractivity contribution is 5.94. The van der Waals surface area contributed by atoms with Gasteiger partial charge in [0.1, 0.15) is 11.5 Å². The lowest BCUT2D eigenvalue weighted by Gasteiger charge is -2.28. The normalized spacial score (nSPS) is 19.6. The molecule has 0 spiro atoms. The van der Waals surface area contributed by atoms with Crippen molar-refractivity contribution >= 4 is 17.4 Å². The van der Waals surface area contributed by atoms with Crippen LogP contribution >= 0.6 is 0 Å². The minimum Gasteiger partial charge on any atom is -0.378 e. The van der Waals surface area contributed by atoms with E-state index in [4.69, 9.17) is 0 Å². The monoisotopic (exact) mass is 393 g/mol. The van der Waals surface area contributed by atoms with Gasteiger partial charge in [0.25, 0.3) is 5.56 Å². The Morgan fingerprint density at radius 3 is 2.71 bits per heavy atom. The van der Waals surface area contributed by atoms with E-state index in [0.29, 0.717) is 24.8 Å². The Hall–Kier alpha value is -2.09. The number of H-pyrrole nitrogens is 1. The summed E-state index contributed by atoms with van der Waals surface area (Å²) in [6.45, 7) is 10.1. The zero-order valence-corrected chi connectivity index (χ0v) is 17.6. The van der Waals surface area contributed by atoms with E-state index in [1.165, 1.54) is 4.57 Å². The van der Waals surface area contributed by atoms with Crippen LogP contribution in [0.4, 0.5) is 11.5 Å². The molecule has 1 aromatic rings. The van der Waals surface area contributed by atoms with Crippen LogP contribution in [0.3, 0.4) is 0 Å². The number of hydrogen-bond donors (Lipinski definition) is 4. The fourth-order valence-electron chi connectivity index (χ4n) is 3.47. The van der Waals surface area contributed by atoms with E-state index in [1.54, 1.807) is 0 Å². The predicted molar refractivity (Wildman–Crippen MR) is 113 cm³/mol. The maximum absolute atomic E-state index is 12.9. The molecule has 158 valence electrons. The summed E-state index contributed by atoms with van der Waals surface area (Å²) in [5.74, 6) is 0.512. The van der Waals surface area contributed by atoms with Gasteiger partial charge in [0, 0.05) is 25.0 Å². The van der Waals surface area contributed by atoms with Crippen molar-refractivity contribution in [2.24, 2.45) is 11.8 Å². The molecule has 1 aliphatic heterocycles.